The largest absolute Gasteiger partial charge is 0.456 e. The lowest BCUT2D eigenvalue weighted by Crippen LogP contribution is -2.62. The van der Waals surface area contributed by atoms with Crippen molar-refractivity contribution in [1.82, 2.24) is 0 Å². The maximum atomic E-state index is 9.35. The van der Waals surface area contributed by atoms with Crippen molar-refractivity contribution in [2.24, 2.45) is 0 Å². The fourth-order valence-electron chi connectivity index (χ4n) is 13.6. The third-order valence-corrected chi connectivity index (χ3v) is 17.9. The van der Waals surface area contributed by atoms with Crippen LogP contribution >= 0.6 is 0 Å². The molecule has 0 saturated heterocycles. The van der Waals surface area contributed by atoms with Gasteiger partial charge in [-0.05, 0) is 189 Å². The van der Waals surface area contributed by atoms with Crippen LogP contribution in [-0.2, 0) is 27.1 Å². The predicted molar refractivity (Wildman–Crippen MR) is 316 cm³/mol. The van der Waals surface area contributed by atoms with Crippen LogP contribution in [0.1, 0.15) is 139 Å². The summed E-state index contributed by atoms with van der Waals surface area (Å²) >= 11 is 0. The highest BCUT2D eigenvalue weighted by Crippen LogP contribution is 2.54. The Bertz CT molecular complexity index is 3840. The number of benzene rings is 8. The summed E-state index contributed by atoms with van der Waals surface area (Å²) in [5.74, 6) is 0. The normalized spacial score (nSPS) is 18.4. The first-order valence-corrected chi connectivity index (χ1v) is 27.0. The number of nitrogens with zero attached hydrogens (tertiary/aromatic N) is 3. The van der Waals surface area contributed by atoms with Crippen LogP contribution in [0.2, 0.25) is 0 Å². The monoisotopic (exact) mass is 971 g/mol. The van der Waals surface area contributed by atoms with Gasteiger partial charge >= 0.3 is 0 Å². The summed E-state index contributed by atoms with van der Waals surface area (Å²) in [5.41, 5.74) is 20.7. The molecule has 8 aromatic carbocycles. The molecular weight excluding hydrogens is 898 g/mol. The van der Waals surface area contributed by atoms with Crippen LogP contribution in [0.15, 0.2) is 162 Å². The average Bonchev–Trinajstić information content (AvgIpc) is 3.77. The first kappa shape index (κ1) is 43.4. The Balaban J connectivity index is 1.18. The van der Waals surface area contributed by atoms with Gasteiger partial charge < -0.3 is 19.1 Å². The maximum absolute atomic E-state index is 9.35. The second kappa shape index (κ2) is 16.0. The lowest BCUT2D eigenvalue weighted by molar-refractivity contribution is 0.332. The first-order valence-electron chi connectivity index (χ1n) is 28.5. The topological polar surface area (TPSA) is 22.9 Å². The number of hydrogen-bond donors (Lipinski definition) is 0. The smallest absolute Gasteiger partial charge is 0.252 e. The van der Waals surface area contributed by atoms with E-state index in [4.69, 9.17) is 4.42 Å². The summed E-state index contributed by atoms with van der Waals surface area (Å²) in [7, 11) is 0. The Kier molecular flexibility index (Phi) is 9.40. The second-order valence-corrected chi connectivity index (χ2v) is 25.7. The summed E-state index contributed by atoms with van der Waals surface area (Å²) in [6.45, 7) is 23.3. The van der Waals surface area contributed by atoms with E-state index in [0.717, 1.165) is 110 Å². The molecule has 0 bridgehead atoms. The van der Waals surface area contributed by atoms with Gasteiger partial charge in [0.15, 0.2) is 0 Å². The van der Waals surface area contributed by atoms with Crippen LogP contribution < -0.4 is 31.1 Å². The van der Waals surface area contributed by atoms with E-state index in [1.165, 1.54) is 33.2 Å². The standard InChI is InChI=1S/C69H70BN3O/c1-43-35-60-63-61(36-43)73(48-37-50-49-25-19-20-26-62(49)74-64(50)55(39-48)65(2,3)4)58-40-47(71(44-21-15-13-16-22-44)45-23-17-14-18-24-45)28-30-56(58)70(63)57-41-53-54(69(11,12)34-33-68(53,9)10)42-59(57)72(60)46-27-29-51-52(38-46)67(7,8)32-31-66(51,5)6/h13-30,35-42H,31-34H2,1-12H3/i1D3. The lowest BCUT2D eigenvalue weighted by atomic mass is 9.33. The highest BCUT2D eigenvalue weighted by molar-refractivity contribution is 7.00. The van der Waals surface area contributed by atoms with Crippen LogP contribution in [0, 0.1) is 6.85 Å². The van der Waals surface area contributed by atoms with E-state index in [-0.39, 0.29) is 33.8 Å². The molecule has 0 spiro atoms. The van der Waals surface area contributed by atoms with Crippen molar-refractivity contribution in [2.45, 2.75) is 136 Å². The number of aryl methyl sites for hydroxylation is 1. The molecule has 0 atom stereocenters. The molecule has 4 nitrogen and oxygen atoms in total. The lowest BCUT2D eigenvalue weighted by Gasteiger charge is -2.48. The number of para-hydroxylation sites is 3. The molecule has 2 aliphatic heterocycles. The van der Waals surface area contributed by atoms with Crippen LogP contribution in [0.25, 0.3) is 21.9 Å². The number of anilines is 9. The van der Waals surface area contributed by atoms with Crippen molar-refractivity contribution in [3.05, 3.63) is 191 Å². The Morgan fingerprint density at radius 3 is 1.66 bits per heavy atom. The number of rotatable bonds is 5. The molecule has 0 unspecified atom stereocenters. The van der Waals surface area contributed by atoms with Gasteiger partial charge in [0.2, 0.25) is 0 Å². The first-order chi connectivity index (χ1) is 36.4. The van der Waals surface area contributed by atoms with Gasteiger partial charge in [-0.3, -0.25) is 0 Å². The zero-order valence-electron chi connectivity index (χ0n) is 48.2. The van der Waals surface area contributed by atoms with Gasteiger partial charge in [-0.2, -0.15) is 0 Å². The highest BCUT2D eigenvalue weighted by atomic mass is 16.3. The summed E-state index contributed by atoms with van der Waals surface area (Å²) in [6.07, 6.45) is 4.37. The highest BCUT2D eigenvalue weighted by Gasteiger charge is 2.48. The van der Waals surface area contributed by atoms with Gasteiger partial charge in [-0.15, -0.1) is 0 Å². The molecule has 1 aromatic heterocycles. The third-order valence-electron chi connectivity index (χ3n) is 17.9. The Hall–Kier alpha value is -6.98. The molecule has 5 heteroatoms. The Labute approximate surface area is 444 Å². The molecule has 0 saturated carbocycles. The van der Waals surface area contributed by atoms with E-state index < -0.39 is 6.85 Å². The Morgan fingerprint density at radius 2 is 1.04 bits per heavy atom. The van der Waals surface area contributed by atoms with Crippen molar-refractivity contribution in [2.75, 3.05) is 14.7 Å². The summed E-state index contributed by atoms with van der Waals surface area (Å²) < 4.78 is 34.9. The Morgan fingerprint density at radius 1 is 0.486 bits per heavy atom. The van der Waals surface area contributed by atoms with Crippen molar-refractivity contribution >= 4 is 96.2 Å². The third kappa shape index (κ3) is 7.08. The van der Waals surface area contributed by atoms with Crippen molar-refractivity contribution < 1.29 is 8.53 Å². The minimum Gasteiger partial charge on any atom is -0.456 e. The zero-order chi connectivity index (χ0) is 53.9. The minimum absolute atomic E-state index is 0.0241. The zero-order valence-corrected chi connectivity index (χ0v) is 45.2. The number of hydrogen-bond acceptors (Lipinski definition) is 4. The fraction of sp³-hybridized carbons (Fsp3) is 0.304. The van der Waals surface area contributed by atoms with E-state index in [1.807, 2.05) is 18.2 Å². The van der Waals surface area contributed by atoms with Gasteiger partial charge in [-0.25, -0.2) is 0 Å². The summed E-state index contributed by atoms with van der Waals surface area (Å²) in [4.78, 5) is 7.20. The molecule has 4 aliphatic rings. The van der Waals surface area contributed by atoms with E-state index in [9.17, 15) is 4.11 Å². The van der Waals surface area contributed by atoms with Crippen molar-refractivity contribution in [3.63, 3.8) is 0 Å². The average molecular weight is 971 g/mol. The molecule has 0 radical (unpaired) electrons. The molecule has 370 valence electrons. The van der Waals surface area contributed by atoms with E-state index in [0.29, 0.717) is 5.56 Å². The quantitative estimate of drug-likeness (QED) is 0.160. The van der Waals surface area contributed by atoms with Crippen LogP contribution in [0.3, 0.4) is 0 Å². The van der Waals surface area contributed by atoms with E-state index >= 15 is 0 Å². The van der Waals surface area contributed by atoms with Crippen molar-refractivity contribution in [3.8, 4) is 0 Å². The molecule has 0 fully saturated rings. The molecule has 0 N–H and O–H groups in total. The number of furan rings is 1. The van der Waals surface area contributed by atoms with Crippen LogP contribution in [0.4, 0.5) is 51.2 Å². The van der Waals surface area contributed by atoms with E-state index in [1.54, 1.807) is 0 Å². The molecule has 0 amide bonds. The van der Waals surface area contributed by atoms with Crippen LogP contribution in [0.5, 0.6) is 0 Å². The second-order valence-electron chi connectivity index (χ2n) is 25.7. The fourth-order valence-corrected chi connectivity index (χ4v) is 13.6. The molecule has 9 aromatic rings. The number of fused-ring (bicyclic) bond motifs is 9. The van der Waals surface area contributed by atoms with Crippen molar-refractivity contribution in [1.29, 1.82) is 0 Å². The minimum atomic E-state index is -2.43. The van der Waals surface area contributed by atoms with Gasteiger partial charge in [0.05, 0.1) is 0 Å². The van der Waals surface area contributed by atoms with Crippen LogP contribution in [-0.4, -0.2) is 6.71 Å². The van der Waals surface area contributed by atoms with Gasteiger partial charge in [0.1, 0.15) is 11.2 Å². The van der Waals surface area contributed by atoms with E-state index in [2.05, 4.69) is 230 Å². The molecule has 74 heavy (non-hydrogen) atoms. The molecule has 3 heterocycles. The molecule has 2 aliphatic carbocycles. The van der Waals surface area contributed by atoms with Gasteiger partial charge in [0.25, 0.3) is 6.71 Å². The van der Waals surface area contributed by atoms with Gasteiger partial charge in [-0.1, -0.05) is 149 Å². The summed E-state index contributed by atoms with van der Waals surface area (Å²) in [5, 5.41) is 2.08. The van der Waals surface area contributed by atoms with Gasteiger partial charge in [0, 0.05) is 71.6 Å². The predicted octanol–water partition coefficient (Wildman–Crippen LogP) is 17.4. The molecular formula is C69H70BN3O. The SMILES string of the molecule is [2H]C([2H])([2H])c1cc2c3c(c1)N(c1ccc4c(c1)C(C)(C)CCC4(C)C)c1cc4c(cc1B3c1ccc(N(c3ccccc3)c3ccccc3)cc1N2c1cc(C(C)(C)C)c2oc3ccccc3c2c1)C(C)(C)CCC4(C)C. The molecule has 13 rings (SSSR count). The maximum Gasteiger partial charge on any atom is 0.252 e. The summed E-state index contributed by atoms with van der Waals surface area (Å²) in [6, 6.07) is 57.5.